The van der Waals surface area contributed by atoms with E-state index in [0.29, 0.717) is 32.9 Å². The van der Waals surface area contributed by atoms with Gasteiger partial charge in [0.25, 0.3) is 0 Å². The minimum absolute atomic E-state index is 0.0101. The molecular weight excluding hydrogens is 2050 g/mol. The number of hydrogen-bond acceptors (Lipinski definition) is 54. The van der Waals surface area contributed by atoms with Gasteiger partial charge in [-0.25, -0.2) is 18.4 Å². The molecule has 15 unspecified atom stereocenters. The van der Waals surface area contributed by atoms with Crippen molar-refractivity contribution in [3.05, 3.63) is 0 Å². The second-order valence-electron chi connectivity index (χ2n) is 33.1. The van der Waals surface area contributed by atoms with E-state index in [1.165, 1.54) is 54.0 Å². The Balaban J connectivity index is 0. The van der Waals surface area contributed by atoms with Crippen molar-refractivity contribution >= 4 is 64.5 Å². The van der Waals surface area contributed by atoms with Gasteiger partial charge < -0.3 is 221 Å². The number of aliphatic hydroxyl groups is 22. The summed E-state index contributed by atoms with van der Waals surface area (Å²) in [7, 11) is 1.02. The van der Waals surface area contributed by atoms with Gasteiger partial charge in [-0.15, -0.1) is 0 Å². The maximum Gasteiger partial charge on any atom is 0.403 e. The molecule has 0 saturated carbocycles. The Kier molecular flexibility index (Phi) is 73.1. The normalized spacial score (nSPS) is 38.9. The lowest BCUT2D eigenvalue weighted by atomic mass is 10.0. The molecule has 0 aliphatic carbocycles. The fraction of sp³-hybridized carbons (Fsp3) is 0.975. The number of morpholine rings is 1. The molecule has 11 aliphatic heterocycles. The van der Waals surface area contributed by atoms with Crippen molar-refractivity contribution in [2.45, 2.75) is 320 Å². The average molecular weight is 2210 g/mol. The van der Waals surface area contributed by atoms with Crippen molar-refractivity contribution in [1.82, 2.24) is 10.2 Å². The second-order valence-corrected chi connectivity index (χ2v) is 43.9. The first-order valence-electron chi connectivity index (χ1n) is 44.4. The van der Waals surface area contributed by atoms with E-state index in [9.17, 15) is 63.4 Å². The Morgan fingerprint density at radius 2 is 0.824 bits per heavy atom. The third-order valence-corrected chi connectivity index (χ3v) is 28.4. The number of hydroxylamine groups is 2. The number of rotatable bonds is 32. The van der Waals surface area contributed by atoms with Gasteiger partial charge in [0.2, 0.25) is 0 Å². The lowest BCUT2D eigenvalue weighted by molar-refractivity contribution is -0.199. The summed E-state index contributed by atoms with van der Waals surface area (Å²) in [5.41, 5.74) is -0.829. The van der Waals surface area contributed by atoms with Gasteiger partial charge in [0.15, 0.2) is 18.8 Å². The first-order chi connectivity index (χ1) is 66.3. The fourth-order valence-corrected chi connectivity index (χ4v) is 18.0. The van der Waals surface area contributed by atoms with Crippen LogP contribution in [0.5, 0.6) is 0 Å². The van der Waals surface area contributed by atoms with Crippen molar-refractivity contribution in [3.63, 3.8) is 0 Å². The van der Waals surface area contributed by atoms with Crippen LogP contribution in [0.25, 0.3) is 0 Å². The van der Waals surface area contributed by atoms with E-state index >= 15 is 0 Å². The van der Waals surface area contributed by atoms with Crippen LogP contribution >= 0.6 is 28.6 Å². The van der Waals surface area contributed by atoms with Gasteiger partial charge >= 0.3 is 34.4 Å². The molecule has 63 heteroatoms. The zero-order valence-electron chi connectivity index (χ0n) is 82.7. The molecule has 0 aromatic heterocycles. The second kappa shape index (κ2) is 72.9. The molecule has 55 nitrogen and oxygen atoms in total. The van der Waals surface area contributed by atoms with E-state index in [0.717, 1.165) is 7.11 Å². The van der Waals surface area contributed by atoms with Gasteiger partial charge in [-0.2, -0.15) is 24.2 Å². The van der Waals surface area contributed by atoms with Gasteiger partial charge in [0.05, 0.1) is 204 Å². The summed E-state index contributed by atoms with van der Waals surface area (Å²) >= 11 is 9.74. The highest BCUT2D eigenvalue weighted by atomic mass is 32.5. The number of hydrogen-bond donors (Lipinski definition) is 26. The average Bonchev–Trinajstić information content (AvgIpc) is 1.59. The number of nitrogens with one attached hydrogen (secondary N) is 1. The molecule has 43 atom stereocenters. The van der Waals surface area contributed by atoms with Crippen LogP contribution in [-0.2, 0) is 155 Å². The van der Waals surface area contributed by atoms with Crippen LogP contribution in [0, 0.1) is 0 Å². The minimum atomic E-state index is -3.94. The predicted molar refractivity (Wildman–Crippen MR) is 488 cm³/mol. The summed E-state index contributed by atoms with van der Waals surface area (Å²) in [5, 5.41) is 211. The van der Waals surface area contributed by atoms with E-state index in [1.807, 2.05) is 27.7 Å². The zero-order chi connectivity index (χ0) is 110. The van der Waals surface area contributed by atoms with Crippen molar-refractivity contribution in [1.29, 1.82) is 0 Å². The molecule has 11 fully saturated rings. The number of ether oxygens (including phenoxy) is 15. The van der Waals surface area contributed by atoms with Crippen LogP contribution in [0.15, 0.2) is 0 Å². The molecule has 142 heavy (non-hydrogen) atoms. The number of alkyl halides is 2. The summed E-state index contributed by atoms with van der Waals surface area (Å²) in [6.45, 7) is 15.2. The number of aliphatic hydroxyl groups excluding tert-OH is 22. The van der Waals surface area contributed by atoms with Crippen LogP contribution in [0.4, 0.5) is 8.78 Å². The highest BCUT2D eigenvalue weighted by Gasteiger charge is 2.60. The van der Waals surface area contributed by atoms with Crippen LogP contribution in [0.1, 0.15) is 76.2 Å². The quantitative estimate of drug-likeness (QED) is 0.0220. The van der Waals surface area contributed by atoms with Crippen LogP contribution in [-0.4, -0.2) is 563 Å². The van der Waals surface area contributed by atoms with Crippen molar-refractivity contribution in [3.8, 4) is 0 Å². The first kappa shape index (κ1) is 142. The van der Waals surface area contributed by atoms with Gasteiger partial charge in [0.1, 0.15) is 140 Å². The largest absolute Gasteiger partial charge is 0.403 e. The highest BCUT2D eigenvalue weighted by Crippen LogP contribution is 2.50. The lowest BCUT2D eigenvalue weighted by Crippen LogP contribution is -2.46. The summed E-state index contributed by atoms with van der Waals surface area (Å²) in [5.74, 6) is 0. The number of fused-ring (bicyclic) bond motifs is 2. The Morgan fingerprint density at radius 1 is 0.444 bits per heavy atom. The van der Waals surface area contributed by atoms with Gasteiger partial charge in [-0.3, -0.25) is 13.6 Å². The van der Waals surface area contributed by atoms with E-state index in [1.54, 1.807) is 48.4 Å². The monoisotopic (exact) mass is 2210 g/mol. The molecule has 0 radical (unpaired) electrons. The molecular formula is C79H158F2N2O53P4S2. The summed E-state index contributed by atoms with van der Waals surface area (Å²) < 4.78 is 160. The number of halogens is 2. The molecule has 11 saturated heterocycles. The third-order valence-electron chi connectivity index (χ3n) is 22.4. The lowest BCUT2D eigenvalue weighted by Gasteiger charge is -2.31. The van der Waals surface area contributed by atoms with Crippen molar-refractivity contribution < 1.29 is 267 Å². The van der Waals surface area contributed by atoms with Gasteiger partial charge in [-0.05, 0) is 99.8 Å². The fourth-order valence-electron chi connectivity index (χ4n) is 14.4. The molecule has 11 heterocycles. The molecule has 848 valence electrons. The smallest absolute Gasteiger partial charge is 0.394 e. The molecule has 0 aromatic rings. The predicted octanol–water partition coefficient (Wildman–Crippen LogP) is -8.56. The molecule has 11 aliphatic rings. The molecule has 0 aromatic carbocycles. The SMILES string of the molecule is CC1CN(O)CC(CO)O1.COCCO[C@H]1C(O)[C@@H](CO)O[C@H]1C.COP(=O)(O)NC1[C@@H](CO)O[C@@H](C)[C@H]1O.COP(C)(=O)OC1[C@@H](CO)O[C@@H](C)[C@H]1O.COP(C)(=S)OC1[C@@H](CO)O[C@@H](C)[C@H]1O.COP(O)(=S)OC1[C@@H](CO)O[C@@H](C)[C@H]1O.CO[C@H]1C(O)[C@@H](CO)O[C@H]1C.C[C@@H](CO)OC(CO)CO.C[C@@H]1O[C@@]2(CO)CO[C@H]1C2O.C[C@@H]1O[C@H](CO)C(O)[C@@H]1F.C[C@@H]1O[C@H](CO)C(O)[C@@H]1F.O=C=O.O=C=O. The highest BCUT2D eigenvalue weighted by molar-refractivity contribution is 8.09. The first-order valence-corrected chi connectivity index (χ1v) is 53.7. The van der Waals surface area contributed by atoms with E-state index in [-0.39, 0.29) is 159 Å². The molecule has 26 N–H and O–H groups in total. The van der Waals surface area contributed by atoms with E-state index < -0.39 is 211 Å². The van der Waals surface area contributed by atoms with Gasteiger partial charge in [-0.1, -0.05) is 0 Å². The van der Waals surface area contributed by atoms with Crippen LogP contribution in [0.3, 0.4) is 0 Å². The maximum atomic E-state index is 12.7. The zero-order valence-corrected chi connectivity index (χ0v) is 87.9. The summed E-state index contributed by atoms with van der Waals surface area (Å²) in [6.07, 6.45) is -23.2. The topological polar surface area (TPSA) is 827 Å². The van der Waals surface area contributed by atoms with E-state index in [2.05, 4.69) is 30.5 Å². The standard InChI is InChI=1S/C9H18O5.C8H17O6P.C8H17O5PS.C7H16NO6P.C7H15O6PS.C7H12O4.C7H14O4.2C6H11FO3.C6H13NO3.C6H14O4.2CO2/c1-6-9(13-4-3-12-2)8(11)7(5-10)14-6;1-5-7(10)8(6(4-9)13-5)14-15(3,11)12-2;1-5-7(10)8(6(4-9)12-5)13-14(3,15)11-2;1-4-7(10)6(5(3-9)14-4)8-15(11,12)13-2;1-4-6(9)7(5(3-8)12-4)13-14(10,15)11-2;1-4-5-6(9)7(2-8,11-4)3-10-5;1-4-7(10-2)6(9)5(3-8)11-4;2*1-3-5(7)6(9)4(2-8)10-3;1-5-2-7(9)3-6(4-8)10-5;1-5(2-7)10-6(3-8)4-9;2*2-1-3/h6-11H,3-5H2,1-2H3;2*5-10H,4H2,1-3H3;4-7,9-10H,3H2,1-2H3,(H2,8,11,12);4-9H,3H2,1-2H3,(H,10,15);4-6,8-9H,2-3H2,1H3;4-9H,3H2,1-2H3;2*3-6,8-9H,2H2,1H3;5-6,8-9H,2-4H2,1H3;5-9H,2-4H2,1H3;;/t6-,7+,8?,9+;5-,6+,7+,8?,15?;5-,6+,7+,8?,14?;4-,5+,6?,7+;4-,5+,6+,7?,14?;4-,5+,6?,7-;4-,5+,6?,7+;2*3-,4+,5+,6?;;5-;;/m000000000.0../s1. The van der Waals surface area contributed by atoms with Crippen LogP contribution < -0.4 is 5.09 Å². The van der Waals surface area contributed by atoms with Crippen molar-refractivity contribution in [2.24, 2.45) is 0 Å². The number of carbonyl (C=O) groups excluding carboxylic acids is 4. The van der Waals surface area contributed by atoms with Crippen molar-refractivity contribution in [2.75, 3.05) is 175 Å². The maximum absolute atomic E-state index is 12.7. The third kappa shape index (κ3) is 48.0. The molecule has 11 rings (SSSR count). The summed E-state index contributed by atoms with van der Waals surface area (Å²) in [6, 6.07) is -0.819. The Morgan fingerprint density at radius 3 is 1.12 bits per heavy atom. The van der Waals surface area contributed by atoms with Gasteiger partial charge in [0, 0.05) is 62.5 Å². The Labute approximate surface area is 832 Å². The molecule has 0 amide bonds. The molecule has 0 spiro atoms. The Hall–Kier alpha value is -1.58. The number of methoxy groups -OCH3 is 2. The van der Waals surface area contributed by atoms with Crippen LogP contribution in [0.2, 0.25) is 0 Å². The summed E-state index contributed by atoms with van der Waals surface area (Å²) in [4.78, 5) is 51.1. The Bertz CT molecular complexity index is 3300. The van der Waals surface area contributed by atoms with E-state index in [4.69, 9.17) is 202 Å². The minimum Gasteiger partial charge on any atom is -0.394 e. The molecule has 2 bridgehead atoms. The number of nitrogens with zero attached hydrogens (tertiary/aromatic N) is 1.